The molecule has 0 amide bonds. The molecular weight excluding hydrogens is 362 g/mol. The van der Waals surface area contributed by atoms with Crippen LogP contribution in [0.1, 0.15) is 41.8 Å². The van der Waals surface area contributed by atoms with Crippen LogP contribution in [0.4, 0.5) is 11.8 Å². The Morgan fingerprint density at radius 3 is 1.79 bits per heavy atom. The molecule has 148 valence electrons. The Hall–Kier alpha value is -3.61. The van der Waals surface area contributed by atoms with Crippen LogP contribution in [-0.2, 0) is 12.8 Å². The minimum atomic E-state index is 0.294. The summed E-state index contributed by atoms with van der Waals surface area (Å²) in [5.41, 5.74) is 10.9. The fourth-order valence-corrected chi connectivity index (χ4v) is 2.54. The van der Waals surface area contributed by atoms with Gasteiger partial charge in [0.25, 0.3) is 5.95 Å². The van der Waals surface area contributed by atoms with Crippen LogP contribution in [0.25, 0.3) is 0 Å². The topological polar surface area (TPSA) is 87.5 Å². The molecule has 0 atom stereocenters. The highest BCUT2D eigenvalue weighted by atomic mass is 15.4. The SMILES string of the molecule is CCc1ccc(/C=N\Nc2nnc(C)c(N/N=C\c3ccc(CC)cc3)n2)cc1. The number of anilines is 2. The number of rotatable bonds is 8. The second-order valence-electron chi connectivity index (χ2n) is 6.50. The predicted molar refractivity (Wildman–Crippen MR) is 119 cm³/mol. The summed E-state index contributed by atoms with van der Waals surface area (Å²) in [5, 5.41) is 16.5. The van der Waals surface area contributed by atoms with Gasteiger partial charge < -0.3 is 0 Å². The van der Waals surface area contributed by atoms with Crippen LogP contribution in [0, 0.1) is 6.92 Å². The Balaban J connectivity index is 1.60. The minimum absolute atomic E-state index is 0.294. The summed E-state index contributed by atoms with van der Waals surface area (Å²) < 4.78 is 0. The standard InChI is InChI=1S/C22H25N7/c1-4-17-6-10-19(11-7-17)14-23-27-21-16(3)26-29-22(25-21)28-24-15-20-12-8-18(5-2)9-13-20/h6-15H,4-5H2,1-3H3,(H2,25,27,28,29)/b23-14-,24-15-. The largest absolute Gasteiger partial charge is 0.265 e. The first-order valence-electron chi connectivity index (χ1n) is 9.65. The average molecular weight is 387 g/mol. The normalized spacial score (nSPS) is 11.3. The summed E-state index contributed by atoms with van der Waals surface area (Å²) in [6.07, 6.45) is 5.49. The van der Waals surface area contributed by atoms with Gasteiger partial charge in [0.05, 0.1) is 12.4 Å². The lowest BCUT2D eigenvalue weighted by Crippen LogP contribution is -2.05. The van der Waals surface area contributed by atoms with E-state index in [2.05, 4.69) is 74.3 Å². The van der Waals surface area contributed by atoms with Gasteiger partial charge in [-0.25, -0.2) is 5.43 Å². The van der Waals surface area contributed by atoms with Gasteiger partial charge in [-0.05, 0) is 42.0 Å². The van der Waals surface area contributed by atoms with E-state index in [0.717, 1.165) is 24.0 Å². The number of nitrogens with zero attached hydrogens (tertiary/aromatic N) is 5. The fraction of sp³-hybridized carbons (Fsp3) is 0.227. The monoisotopic (exact) mass is 387 g/mol. The van der Waals surface area contributed by atoms with Gasteiger partial charge in [-0.3, -0.25) is 5.43 Å². The maximum Gasteiger partial charge on any atom is 0.265 e. The Morgan fingerprint density at radius 2 is 1.28 bits per heavy atom. The summed E-state index contributed by atoms with van der Waals surface area (Å²) >= 11 is 0. The first kappa shape index (κ1) is 20.1. The van der Waals surface area contributed by atoms with E-state index in [0.29, 0.717) is 17.5 Å². The van der Waals surface area contributed by atoms with E-state index in [-0.39, 0.29) is 0 Å². The average Bonchev–Trinajstić information content (AvgIpc) is 2.76. The van der Waals surface area contributed by atoms with Crippen molar-refractivity contribution in [2.45, 2.75) is 33.6 Å². The number of nitrogens with one attached hydrogen (secondary N) is 2. The van der Waals surface area contributed by atoms with Crippen molar-refractivity contribution in [3.8, 4) is 0 Å². The zero-order valence-corrected chi connectivity index (χ0v) is 16.9. The lowest BCUT2D eigenvalue weighted by atomic mass is 10.1. The summed E-state index contributed by atoms with van der Waals surface area (Å²) in [7, 11) is 0. The first-order chi connectivity index (χ1) is 14.2. The van der Waals surface area contributed by atoms with Crippen LogP contribution in [-0.4, -0.2) is 27.6 Å². The van der Waals surface area contributed by atoms with Gasteiger partial charge in [0, 0.05) is 0 Å². The van der Waals surface area contributed by atoms with Crippen LogP contribution < -0.4 is 10.9 Å². The zero-order chi connectivity index (χ0) is 20.5. The highest BCUT2D eigenvalue weighted by Gasteiger charge is 2.04. The summed E-state index contributed by atoms with van der Waals surface area (Å²) in [4.78, 5) is 4.37. The number of aromatic nitrogens is 3. The molecule has 1 aromatic heterocycles. The Morgan fingerprint density at radius 1 is 0.759 bits per heavy atom. The van der Waals surface area contributed by atoms with Gasteiger partial charge in [0.1, 0.15) is 5.69 Å². The molecule has 0 saturated carbocycles. The maximum absolute atomic E-state index is 4.37. The number of hydrogen-bond acceptors (Lipinski definition) is 7. The molecule has 0 fully saturated rings. The molecule has 0 bridgehead atoms. The van der Waals surface area contributed by atoms with Gasteiger partial charge in [0.2, 0.25) is 0 Å². The molecule has 2 aromatic carbocycles. The quantitative estimate of drug-likeness (QED) is 0.447. The zero-order valence-electron chi connectivity index (χ0n) is 16.9. The third-order valence-electron chi connectivity index (χ3n) is 4.39. The predicted octanol–water partition coefficient (Wildman–Crippen LogP) is 4.20. The van der Waals surface area contributed by atoms with E-state index in [9.17, 15) is 0 Å². The van der Waals surface area contributed by atoms with Crippen molar-refractivity contribution >= 4 is 24.2 Å². The molecule has 7 nitrogen and oxygen atoms in total. The van der Waals surface area contributed by atoms with Crippen LogP contribution in [0.3, 0.4) is 0 Å². The minimum Gasteiger partial charge on any atom is -0.260 e. The smallest absolute Gasteiger partial charge is 0.260 e. The molecule has 2 N–H and O–H groups in total. The molecule has 1 heterocycles. The van der Waals surface area contributed by atoms with Crippen LogP contribution in [0.2, 0.25) is 0 Å². The van der Waals surface area contributed by atoms with Crippen molar-refractivity contribution in [3.05, 3.63) is 76.5 Å². The molecule has 29 heavy (non-hydrogen) atoms. The van der Waals surface area contributed by atoms with E-state index in [1.165, 1.54) is 11.1 Å². The van der Waals surface area contributed by atoms with E-state index < -0.39 is 0 Å². The second-order valence-corrected chi connectivity index (χ2v) is 6.50. The van der Waals surface area contributed by atoms with Crippen molar-refractivity contribution in [2.75, 3.05) is 10.9 Å². The van der Waals surface area contributed by atoms with Crippen molar-refractivity contribution in [2.24, 2.45) is 10.2 Å². The third-order valence-corrected chi connectivity index (χ3v) is 4.39. The van der Waals surface area contributed by atoms with Crippen LogP contribution in [0.5, 0.6) is 0 Å². The highest BCUT2D eigenvalue weighted by molar-refractivity contribution is 5.80. The Kier molecular flexibility index (Phi) is 7.00. The molecule has 0 unspecified atom stereocenters. The van der Waals surface area contributed by atoms with E-state index in [4.69, 9.17) is 0 Å². The highest BCUT2D eigenvalue weighted by Crippen LogP contribution is 2.10. The van der Waals surface area contributed by atoms with Gasteiger partial charge in [-0.1, -0.05) is 62.4 Å². The molecule has 3 aromatic rings. The lowest BCUT2D eigenvalue weighted by molar-refractivity contribution is 0.922. The molecule has 0 aliphatic heterocycles. The van der Waals surface area contributed by atoms with E-state index in [1.807, 2.05) is 31.2 Å². The van der Waals surface area contributed by atoms with Crippen molar-refractivity contribution in [1.29, 1.82) is 0 Å². The molecule has 0 saturated heterocycles. The number of hydrazone groups is 2. The molecular formula is C22H25N7. The summed E-state index contributed by atoms with van der Waals surface area (Å²) in [6, 6.07) is 16.5. The molecule has 3 rings (SSSR count). The van der Waals surface area contributed by atoms with Gasteiger partial charge in [-0.2, -0.15) is 15.2 Å². The number of hydrogen-bond donors (Lipinski definition) is 2. The van der Waals surface area contributed by atoms with Crippen LogP contribution in [0.15, 0.2) is 58.7 Å². The van der Waals surface area contributed by atoms with Crippen molar-refractivity contribution < 1.29 is 0 Å². The summed E-state index contributed by atoms with van der Waals surface area (Å²) in [6.45, 7) is 6.08. The first-order valence-corrected chi connectivity index (χ1v) is 9.65. The second kappa shape index (κ2) is 10.1. The number of benzene rings is 2. The number of aryl methyl sites for hydroxylation is 3. The van der Waals surface area contributed by atoms with Gasteiger partial charge in [0.15, 0.2) is 5.82 Å². The molecule has 7 heteroatoms. The summed E-state index contributed by atoms with van der Waals surface area (Å²) in [5.74, 6) is 0.813. The molecule has 0 aliphatic rings. The van der Waals surface area contributed by atoms with E-state index in [1.54, 1.807) is 12.4 Å². The van der Waals surface area contributed by atoms with Crippen molar-refractivity contribution in [1.82, 2.24) is 15.2 Å². The lowest BCUT2D eigenvalue weighted by Gasteiger charge is -2.04. The molecule has 0 aliphatic carbocycles. The Labute approximate surface area is 171 Å². The van der Waals surface area contributed by atoms with Gasteiger partial charge >= 0.3 is 0 Å². The maximum atomic E-state index is 4.37. The molecule has 0 spiro atoms. The van der Waals surface area contributed by atoms with Crippen LogP contribution >= 0.6 is 0 Å². The fourth-order valence-electron chi connectivity index (χ4n) is 2.54. The third kappa shape index (κ3) is 5.93. The van der Waals surface area contributed by atoms with Gasteiger partial charge in [-0.15, -0.1) is 10.2 Å². The Bertz CT molecular complexity index is 977. The molecule has 0 radical (unpaired) electrons. The van der Waals surface area contributed by atoms with Crippen molar-refractivity contribution in [3.63, 3.8) is 0 Å². The van der Waals surface area contributed by atoms with E-state index >= 15 is 0 Å².